The summed E-state index contributed by atoms with van der Waals surface area (Å²) in [6.45, 7) is 6.05. The Morgan fingerprint density at radius 3 is 2.60 bits per heavy atom. The van der Waals surface area contributed by atoms with Gasteiger partial charge in [-0.05, 0) is 45.7 Å². The van der Waals surface area contributed by atoms with Crippen LogP contribution in [0, 0.1) is 6.92 Å². The molecule has 1 aliphatic carbocycles. The zero-order chi connectivity index (χ0) is 17.6. The number of aromatic nitrogens is 2. The van der Waals surface area contributed by atoms with E-state index in [0.717, 1.165) is 22.9 Å². The molecule has 3 rings (SSSR count). The van der Waals surface area contributed by atoms with Crippen molar-refractivity contribution in [2.24, 2.45) is 0 Å². The number of hydrogen-bond donors (Lipinski definition) is 2. The molecule has 0 atom stereocenters. The number of ether oxygens (including phenoxy) is 1. The molecule has 5 nitrogen and oxygen atoms in total. The third kappa shape index (κ3) is 5.08. The fourth-order valence-corrected chi connectivity index (χ4v) is 3.19. The van der Waals surface area contributed by atoms with Crippen molar-refractivity contribution in [2.45, 2.75) is 65.0 Å². The number of para-hydroxylation sites is 2. The van der Waals surface area contributed by atoms with Crippen LogP contribution < -0.4 is 15.4 Å². The van der Waals surface area contributed by atoms with Gasteiger partial charge in [0, 0.05) is 17.8 Å². The zero-order valence-electron chi connectivity index (χ0n) is 15.4. The Morgan fingerprint density at radius 1 is 1.08 bits per heavy atom. The summed E-state index contributed by atoms with van der Waals surface area (Å²) in [6, 6.07) is 10.4. The molecule has 2 N–H and O–H groups in total. The highest BCUT2D eigenvalue weighted by atomic mass is 16.5. The molecule has 1 heterocycles. The van der Waals surface area contributed by atoms with Crippen LogP contribution in [-0.4, -0.2) is 22.1 Å². The third-order valence-electron chi connectivity index (χ3n) is 4.31. The van der Waals surface area contributed by atoms with E-state index in [2.05, 4.69) is 20.6 Å². The highest BCUT2D eigenvalue weighted by molar-refractivity contribution is 5.64. The first kappa shape index (κ1) is 17.5. The Kier molecular flexibility index (Phi) is 5.74. The molecule has 1 aliphatic rings. The molecule has 0 spiro atoms. The lowest BCUT2D eigenvalue weighted by atomic mass is 9.96. The van der Waals surface area contributed by atoms with E-state index in [1.807, 2.05) is 51.1 Å². The second-order valence-electron chi connectivity index (χ2n) is 6.99. The smallest absolute Gasteiger partial charge is 0.225 e. The first-order valence-corrected chi connectivity index (χ1v) is 9.25. The summed E-state index contributed by atoms with van der Waals surface area (Å²) < 4.78 is 5.88. The number of rotatable bonds is 6. The lowest BCUT2D eigenvalue weighted by Crippen LogP contribution is -2.23. The number of nitrogens with one attached hydrogen (secondary N) is 2. The van der Waals surface area contributed by atoms with Gasteiger partial charge in [-0.1, -0.05) is 31.4 Å². The summed E-state index contributed by atoms with van der Waals surface area (Å²) in [5.41, 5.74) is 1.86. The van der Waals surface area contributed by atoms with Crippen LogP contribution in [0.3, 0.4) is 0 Å². The molecule has 2 aromatic rings. The molecule has 25 heavy (non-hydrogen) atoms. The molecule has 5 heteroatoms. The molecule has 1 saturated carbocycles. The van der Waals surface area contributed by atoms with Gasteiger partial charge in [0.2, 0.25) is 5.95 Å². The standard InChI is InChI=1S/C20H28N4O/c1-14(2)25-18-12-8-7-11-17(18)23-19-13-15(3)21-20(24-19)22-16-9-5-4-6-10-16/h7-8,11-14,16H,4-6,9-10H2,1-3H3,(H2,21,22,23,24). The number of benzene rings is 1. The van der Waals surface area contributed by atoms with Crippen LogP contribution in [0.4, 0.5) is 17.5 Å². The van der Waals surface area contributed by atoms with Crippen molar-refractivity contribution in [2.75, 3.05) is 10.6 Å². The molecule has 134 valence electrons. The van der Waals surface area contributed by atoms with Gasteiger partial charge in [-0.25, -0.2) is 4.98 Å². The normalized spacial score (nSPS) is 15.2. The average Bonchev–Trinajstić information content (AvgIpc) is 2.56. The van der Waals surface area contributed by atoms with Gasteiger partial charge in [-0.2, -0.15) is 4.98 Å². The highest BCUT2D eigenvalue weighted by Gasteiger charge is 2.15. The number of anilines is 3. The number of aryl methyl sites for hydroxylation is 1. The predicted octanol–water partition coefficient (Wildman–Crippen LogP) is 5.06. The summed E-state index contributed by atoms with van der Waals surface area (Å²) in [6.07, 6.45) is 6.43. The molecule has 1 aromatic heterocycles. The van der Waals surface area contributed by atoms with Crippen molar-refractivity contribution in [1.82, 2.24) is 9.97 Å². The topological polar surface area (TPSA) is 59.1 Å². The van der Waals surface area contributed by atoms with Gasteiger partial charge in [-0.15, -0.1) is 0 Å². The van der Waals surface area contributed by atoms with Gasteiger partial charge in [-0.3, -0.25) is 0 Å². The van der Waals surface area contributed by atoms with Crippen LogP contribution in [0.15, 0.2) is 30.3 Å². The summed E-state index contributed by atoms with van der Waals surface area (Å²) >= 11 is 0. The van der Waals surface area contributed by atoms with E-state index in [0.29, 0.717) is 12.0 Å². The van der Waals surface area contributed by atoms with Gasteiger partial charge in [0.1, 0.15) is 11.6 Å². The number of hydrogen-bond acceptors (Lipinski definition) is 5. The van der Waals surface area contributed by atoms with E-state index in [9.17, 15) is 0 Å². The van der Waals surface area contributed by atoms with Crippen molar-refractivity contribution in [3.05, 3.63) is 36.0 Å². The minimum absolute atomic E-state index is 0.124. The van der Waals surface area contributed by atoms with Gasteiger partial charge in [0.05, 0.1) is 11.8 Å². The van der Waals surface area contributed by atoms with Crippen LogP contribution in [-0.2, 0) is 0 Å². The molecule has 1 fully saturated rings. The molecular formula is C20H28N4O. The largest absolute Gasteiger partial charge is 0.489 e. The molecule has 0 saturated heterocycles. The van der Waals surface area contributed by atoms with Gasteiger partial charge in [0.25, 0.3) is 0 Å². The van der Waals surface area contributed by atoms with E-state index in [1.54, 1.807) is 0 Å². The molecule has 0 radical (unpaired) electrons. The summed E-state index contributed by atoms with van der Waals surface area (Å²) in [7, 11) is 0. The van der Waals surface area contributed by atoms with Crippen LogP contribution >= 0.6 is 0 Å². The summed E-state index contributed by atoms with van der Waals surface area (Å²) in [5.74, 6) is 2.32. The SMILES string of the molecule is Cc1cc(Nc2ccccc2OC(C)C)nc(NC2CCCCC2)n1. The minimum Gasteiger partial charge on any atom is -0.489 e. The van der Waals surface area contributed by atoms with E-state index in [1.165, 1.54) is 32.1 Å². The second-order valence-corrected chi connectivity index (χ2v) is 6.99. The van der Waals surface area contributed by atoms with Crippen molar-refractivity contribution < 1.29 is 4.74 Å². The van der Waals surface area contributed by atoms with Crippen molar-refractivity contribution >= 4 is 17.5 Å². The highest BCUT2D eigenvalue weighted by Crippen LogP contribution is 2.28. The molecule has 0 aliphatic heterocycles. The van der Waals surface area contributed by atoms with Crippen molar-refractivity contribution in [1.29, 1.82) is 0 Å². The zero-order valence-corrected chi connectivity index (χ0v) is 15.4. The Bertz CT molecular complexity index is 696. The fourth-order valence-electron chi connectivity index (χ4n) is 3.19. The molecule has 0 bridgehead atoms. The quantitative estimate of drug-likeness (QED) is 0.769. The molecule has 0 unspecified atom stereocenters. The first-order chi connectivity index (χ1) is 12.1. The van der Waals surface area contributed by atoms with Crippen LogP contribution in [0.5, 0.6) is 5.75 Å². The lowest BCUT2D eigenvalue weighted by molar-refractivity contribution is 0.244. The maximum atomic E-state index is 5.88. The summed E-state index contributed by atoms with van der Waals surface area (Å²) in [4.78, 5) is 9.20. The predicted molar refractivity (Wildman–Crippen MR) is 103 cm³/mol. The first-order valence-electron chi connectivity index (χ1n) is 9.25. The van der Waals surface area contributed by atoms with Crippen LogP contribution in [0.2, 0.25) is 0 Å². The van der Waals surface area contributed by atoms with Crippen molar-refractivity contribution in [3.8, 4) is 5.75 Å². The van der Waals surface area contributed by atoms with Gasteiger partial charge < -0.3 is 15.4 Å². The maximum absolute atomic E-state index is 5.88. The summed E-state index contributed by atoms with van der Waals surface area (Å²) in [5, 5.41) is 6.88. The van der Waals surface area contributed by atoms with E-state index in [4.69, 9.17) is 4.74 Å². The molecule has 0 amide bonds. The lowest BCUT2D eigenvalue weighted by Gasteiger charge is -2.23. The second kappa shape index (κ2) is 8.19. The van der Waals surface area contributed by atoms with E-state index in [-0.39, 0.29) is 6.10 Å². The Hall–Kier alpha value is -2.30. The van der Waals surface area contributed by atoms with Crippen LogP contribution in [0.25, 0.3) is 0 Å². The monoisotopic (exact) mass is 340 g/mol. The van der Waals surface area contributed by atoms with Crippen LogP contribution in [0.1, 0.15) is 51.6 Å². The Morgan fingerprint density at radius 2 is 1.84 bits per heavy atom. The third-order valence-corrected chi connectivity index (χ3v) is 4.31. The fraction of sp³-hybridized carbons (Fsp3) is 0.500. The van der Waals surface area contributed by atoms with Gasteiger partial charge in [0.15, 0.2) is 0 Å². The maximum Gasteiger partial charge on any atom is 0.225 e. The minimum atomic E-state index is 0.124. The molecule has 1 aromatic carbocycles. The van der Waals surface area contributed by atoms with Gasteiger partial charge >= 0.3 is 0 Å². The van der Waals surface area contributed by atoms with E-state index < -0.39 is 0 Å². The van der Waals surface area contributed by atoms with E-state index >= 15 is 0 Å². The Labute approximate surface area is 150 Å². The Balaban J connectivity index is 1.76. The molecular weight excluding hydrogens is 312 g/mol. The average molecular weight is 340 g/mol. The number of nitrogens with zero attached hydrogens (tertiary/aromatic N) is 2. The van der Waals surface area contributed by atoms with Crippen molar-refractivity contribution in [3.63, 3.8) is 0 Å².